The topological polar surface area (TPSA) is 67.4 Å². The Morgan fingerprint density at radius 2 is 1.25 bits per heavy atom. The average molecular weight is 565 g/mol. The number of carbonyl (C=O) groups excluding carboxylic acids is 2. The second kappa shape index (κ2) is 13.0. The van der Waals surface area contributed by atoms with Crippen LogP contribution in [0.15, 0.2) is 138 Å². The van der Waals surface area contributed by atoms with Gasteiger partial charge < -0.3 is 15.4 Å². The minimum Gasteiger partial charge on any atom is -0.457 e. The van der Waals surface area contributed by atoms with Crippen molar-refractivity contribution in [2.24, 2.45) is 0 Å². The highest BCUT2D eigenvalue weighted by molar-refractivity contribution is 8.00. The van der Waals surface area contributed by atoms with Crippen LogP contribution in [0.3, 0.4) is 0 Å². The maximum Gasteiger partial charge on any atom is 0.255 e. The molecule has 0 aliphatic rings. The molecular weight excluding hydrogens is 540 g/mol. The van der Waals surface area contributed by atoms with Crippen LogP contribution in [0.4, 0.5) is 11.4 Å². The molecule has 5 rings (SSSR count). The first-order valence-electron chi connectivity index (χ1n) is 12.6. The second-order valence-corrected chi connectivity index (χ2v) is 10.4. The Morgan fingerprint density at radius 1 is 0.650 bits per heavy atom. The summed E-state index contributed by atoms with van der Waals surface area (Å²) >= 11 is 7.44. The Bertz CT molecular complexity index is 1580. The summed E-state index contributed by atoms with van der Waals surface area (Å²) in [6.45, 7) is 0. The first kappa shape index (κ1) is 27.1. The molecule has 5 aromatic rings. The standard InChI is InChI=1S/C33H25ClN2O3S/c34-25-11-7-10-24(22-25)32(37)35-27-16-20-30(21-17-27)40-31(23-8-3-1-4-9-23)33(38)36-26-14-18-29(19-15-26)39-28-12-5-2-6-13-28/h1-22,31H,(H,35,37)(H,36,38). The van der Waals surface area contributed by atoms with Crippen molar-refractivity contribution in [3.05, 3.63) is 150 Å². The Morgan fingerprint density at radius 3 is 1.93 bits per heavy atom. The number of para-hydroxylation sites is 1. The number of hydrogen-bond donors (Lipinski definition) is 2. The molecule has 5 aromatic carbocycles. The summed E-state index contributed by atoms with van der Waals surface area (Å²) in [4.78, 5) is 26.9. The van der Waals surface area contributed by atoms with Crippen molar-refractivity contribution >= 4 is 46.6 Å². The molecule has 1 unspecified atom stereocenters. The predicted octanol–water partition coefficient (Wildman–Crippen LogP) is 8.86. The smallest absolute Gasteiger partial charge is 0.255 e. The van der Waals surface area contributed by atoms with Gasteiger partial charge >= 0.3 is 0 Å². The zero-order valence-corrected chi connectivity index (χ0v) is 22.9. The van der Waals surface area contributed by atoms with Gasteiger partial charge in [-0.1, -0.05) is 66.2 Å². The van der Waals surface area contributed by atoms with Crippen molar-refractivity contribution in [2.45, 2.75) is 10.1 Å². The van der Waals surface area contributed by atoms with E-state index in [9.17, 15) is 9.59 Å². The number of hydrogen-bond acceptors (Lipinski definition) is 4. The zero-order valence-electron chi connectivity index (χ0n) is 21.3. The van der Waals surface area contributed by atoms with Crippen molar-refractivity contribution in [3.63, 3.8) is 0 Å². The van der Waals surface area contributed by atoms with Gasteiger partial charge in [-0.15, -0.1) is 11.8 Å². The number of ether oxygens (including phenoxy) is 1. The van der Waals surface area contributed by atoms with Crippen LogP contribution in [-0.4, -0.2) is 11.8 Å². The lowest BCUT2D eigenvalue weighted by Crippen LogP contribution is -2.19. The summed E-state index contributed by atoms with van der Waals surface area (Å²) in [5.74, 6) is 1.03. The Labute approximate surface area is 242 Å². The molecule has 0 saturated carbocycles. The highest BCUT2D eigenvalue weighted by Crippen LogP contribution is 2.37. The van der Waals surface area contributed by atoms with Gasteiger partial charge in [0, 0.05) is 26.9 Å². The van der Waals surface area contributed by atoms with Gasteiger partial charge in [0.15, 0.2) is 0 Å². The Kier molecular flexibility index (Phi) is 8.81. The van der Waals surface area contributed by atoms with Gasteiger partial charge in [0.1, 0.15) is 16.7 Å². The van der Waals surface area contributed by atoms with Crippen LogP contribution >= 0.6 is 23.4 Å². The van der Waals surface area contributed by atoms with Gasteiger partial charge in [-0.3, -0.25) is 9.59 Å². The third kappa shape index (κ3) is 7.32. The van der Waals surface area contributed by atoms with E-state index in [0.29, 0.717) is 27.7 Å². The Balaban J connectivity index is 1.26. The fourth-order valence-corrected chi connectivity index (χ4v) is 5.14. The number of carbonyl (C=O) groups is 2. The molecule has 2 N–H and O–H groups in total. The number of rotatable bonds is 9. The molecule has 0 aliphatic carbocycles. The van der Waals surface area contributed by atoms with Crippen molar-refractivity contribution in [1.82, 2.24) is 0 Å². The van der Waals surface area contributed by atoms with Gasteiger partial charge in [-0.25, -0.2) is 0 Å². The fourth-order valence-electron chi connectivity index (χ4n) is 3.93. The summed E-state index contributed by atoms with van der Waals surface area (Å²) in [5, 5.41) is 5.91. The van der Waals surface area contributed by atoms with Crippen LogP contribution in [0, 0.1) is 0 Å². The van der Waals surface area contributed by atoms with Crippen LogP contribution in [-0.2, 0) is 4.79 Å². The lowest BCUT2D eigenvalue weighted by atomic mass is 10.1. The first-order valence-corrected chi connectivity index (χ1v) is 13.8. The molecule has 5 nitrogen and oxygen atoms in total. The highest BCUT2D eigenvalue weighted by atomic mass is 35.5. The van der Waals surface area contributed by atoms with E-state index in [0.717, 1.165) is 16.2 Å². The first-order chi connectivity index (χ1) is 19.5. The minimum atomic E-state index is -0.492. The maximum atomic E-state index is 13.5. The zero-order chi connectivity index (χ0) is 27.7. The van der Waals surface area contributed by atoms with Crippen LogP contribution in [0.25, 0.3) is 0 Å². The maximum absolute atomic E-state index is 13.5. The van der Waals surface area contributed by atoms with Crippen molar-refractivity contribution in [1.29, 1.82) is 0 Å². The van der Waals surface area contributed by atoms with E-state index in [1.54, 1.807) is 24.3 Å². The van der Waals surface area contributed by atoms with E-state index in [1.165, 1.54) is 11.8 Å². The number of amides is 2. The molecule has 0 fully saturated rings. The Hall–Kier alpha value is -4.52. The fraction of sp³-hybridized carbons (Fsp3) is 0.0303. The van der Waals surface area contributed by atoms with Crippen LogP contribution < -0.4 is 15.4 Å². The van der Waals surface area contributed by atoms with Crippen LogP contribution in [0.1, 0.15) is 21.2 Å². The SMILES string of the molecule is O=C(Nc1ccc(SC(C(=O)Nc2ccc(Oc3ccccc3)cc2)c2ccccc2)cc1)c1cccc(Cl)c1. The molecule has 0 saturated heterocycles. The molecule has 0 spiro atoms. The molecule has 0 heterocycles. The molecule has 2 amide bonds. The summed E-state index contributed by atoms with van der Waals surface area (Å²) < 4.78 is 5.85. The summed E-state index contributed by atoms with van der Waals surface area (Å²) in [6.07, 6.45) is 0. The lowest BCUT2D eigenvalue weighted by molar-refractivity contribution is -0.115. The van der Waals surface area contributed by atoms with Crippen molar-refractivity contribution in [2.75, 3.05) is 10.6 Å². The van der Waals surface area contributed by atoms with E-state index in [2.05, 4.69) is 10.6 Å². The number of nitrogens with one attached hydrogen (secondary N) is 2. The lowest BCUT2D eigenvalue weighted by Gasteiger charge is -2.18. The monoisotopic (exact) mass is 564 g/mol. The quantitative estimate of drug-likeness (QED) is 0.175. The molecule has 198 valence electrons. The molecule has 1 atom stereocenters. The van der Waals surface area contributed by atoms with Gasteiger partial charge in [0.2, 0.25) is 5.91 Å². The van der Waals surface area contributed by atoms with Gasteiger partial charge in [0.25, 0.3) is 5.91 Å². The van der Waals surface area contributed by atoms with E-state index in [1.807, 2.05) is 109 Å². The van der Waals surface area contributed by atoms with E-state index >= 15 is 0 Å². The van der Waals surface area contributed by atoms with E-state index < -0.39 is 5.25 Å². The summed E-state index contributed by atoms with van der Waals surface area (Å²) in [7, 11) is 0. The highest BCUT2D eigenvalue weighted by Gasteiger charge is 2.22. The summed E-state index contributed by atoms with van der Waals surface area (Å²) in [5.41, 5.74) is 2.68. The summed E-state index contributed by atoms with van der Waals surface area (Å²) in [6, 6.07) is 40.6. The van der Waals surface area contributed by atoms with Crippen molar-refractivity contribution < 1.29 is 14.3 Å². The van der Waals surface area contributed by atoms with Crippen LogP contribution in [0.2, 0.25) is 5.02 Å². The minimum absolute atomic E-state index is 0.147. The largest absolute Gasteiger partial charge is 0.457 e. The third-order valence-corrected chi connectivity index (χ3v) is 7.40. The van der Waals surface area contributed by atoms with Gasteiger partial charge in [-0.2, -0.15) is 0 Å². The molecule has 0 aliphatic heterocycles. The third-order valence-electron chi connectivity index (χ3n) is 5.89. The number of thioether (sulfide) groups is 1. The second-order valence-electron chi connectivity index (χ2n) is 8.83. The molecule has 0 radical (unpaired) electrons. The molecule has 0 aromatic heterocycles. The number of halogens is 1. The van der Waals surface area contributed by atoms with E-state index in [-0.39, 0.29) is 11.8 Å². The normalized spacial score (nSPS) is 11.3. The van der Waals surface area contributed by atoms with Gasteiger partial charge in [-0.05, 0) is 84.4 Å². The number of benzene rings is 5. The molecule has 40 heavy (non-hydrogen) atoms. The van der Waals surface area contributed by atoms with E-state index in [4.69, 9.17) is 16.3 Å². The number of anilines is 2. The van der Waals surface area contributed by atoms with Crippen LogP contribution in [0.5, 0.6) is 11.5 Å². The van der Waals surface area contributed by atoms with Gasteiger partial charge in [0.05, 0.1) is 0 Å². The van der Waals surface area contributed by atoms with Crippen molar-refractivity contribution in [3.8, 4) is 11.5 Å². The molecular formula is C33H25ClN2O3S. The average Bonchev–Trinajstić information content (AvgIpc) is 2.98. The molecule has 7 heteroatoms. The predicted molar refractivity (Wildman–Crippen MR) is 162 cm³/mol. The molecule has 0 bridgehead atoms.